The van der Waals surface area contributed by atoms with Gasteiger partial charge >= 0.3 is 7.82 Å². The summed E-state index contributed by atoms with van der Waals surface area (Å²) in [6.07, 6.45) is 46.9. The Balaban J connectivity index is 4.19. The molecule has 9 heteroatoms. The molecule has 0 aliphatic heterocycles. The maximum Gasteiger partial charge on any atom is 0.472 e. The van der Waals surface area contributed by atoms with Gasteiger partial charge in [-0.15, -0.1) is 0 Å². The summed E-state index contributed by atoms with van der Waals surface area (Å²) in [6, 6.07) is -0.844. The van der Waals surface area contributed by atoms with Crippen LogP contribution in [0, 0.1) is 0 Å². The number of nitrogens with zero attached hydrogens (tertiary/aromatic N) is 1. The first-order valence-electron chi connectivity index (χ1n) is 23.7. The number of hydrogen-bond donors (Lipinski definition) is 3. The number of rotatable bonds is 43. The SMILES string of the molecule is CCCCCCCCCC/C=C/C(O)C(COP(=O)(O)OCC[N+](C)(C)C)NC(=O)CCCCCCCCCC/C=C\CCCCCCCCCCCCCC. The molecule has 0 saturated heterocycles. The lowest BCUT2D eigenvalue weighted by molar-refractivity contribution is -0.870. The highest BCUT2D eigenvalue weighted by atomic mass is 31.2. The molecule has 3 N–H and O–H groups in total. The fourth-order valence-electron chi connectivity index (χ4n) is 6.86. The summed E-state index contributed by atoms with van der Waals surface area (Å²) in [5.74, 6) is -0.181. The molecule has 56 heavy (non-hydrogen) atoms. The molecule has 3 unspecified atom stereocenters. The maximum absolute atomic E-state index is 12.9. The highest BCUT2D eigenvalue weighted by Crippen LogP contribution is 2.43. The zero-order valence-electron chi connectivity index (χ0n) is 37.6. The fraction of sp³-hybridized carbons (Fsp3) is 0.894. The van der Waals surface area contributed by atoms with Gasteiger partial charge in [0, 0.05) is 6.42 Å². The summed E-state index contributed by atoms with van der Waals surface area (Å²) in [7, 11) is 1.57. The fourth-order valence-corrected chi connectivity index (χ4v) is 7.60. The molecule has 0 spiro atoms. The number of carbonyl (C=O) groups is 1. The van der Waals surface area contributed by atoms with E-state index in [1.54, 1.807) is 6.08 Å². The van der Waals surface area contributed by atoms with Crippen molar-refractivity contribution in [1.82, 2.24) is 5.32 Å². The van der Waals surface area contributed by atoms with Crippen molar-refractivity contribution in [3.8, 4) is 0 Å². The van der Waals surface area contributed by atoms with Gasteiger partial charge in [0.15, 0.2) is 0 Å². The average Bonchev–Trinajstić information content (AvgIpc) is 3.15. The van der Waals surface area contributed by atoms with Crippen LogP contribution >= 0.6 is 7.82 Å². The number of unbranched alkanes of at least 4 members (excludes halogenated alkanes) is 28. The van der Waals surface area contributed by atoms with Gasteiger partial charge in [0.05, 0.1) is 39.9 Å². The third-order valence-corrected chi connectivity index (χ3v) is 11.6. The number of allylic oxidation sites excluding steroid dienone is 3. The summed E-state index contributed by atoms with van der Waals surface area (Å²) >= 11 is 0. The Kier molecular flexibility index (Phi) is 38.7. The minimum atomic E-state index is -4.33. The van der Waals surface area contributed by atoms with Crippen LogP contribution in [0.4, 0.5) is 0 Å². The van der Waals surface area contributed by atoms with Crippen LogP contribution in [0.2, 0.25) is 0 Å². The zero-order valence-corrected chi connectivity index (χ0v) is 38.5. The lowest BCUT2D eigenvalue weighted by Crippen LogP contribution is -2.45. The number of quaternary nitrogens is 1. The number of carbonyl (C=O) groups excluding carboxylic acids is 1. The molecule has 0 heterocycles. The molecule has 0 aromatic rings. The van der Waals surface area contributed by atoms with Crippen molar-refractivity contribution in [1.29, 1.82) is 0 Å². The van der Waals surface area contributed by atoms with Crippen molar-refractivity contribution in [2.75, 3.05) is 40.9 Å². The van der Waals surface area contributed by atoms with E-state index in [1.807, 2.05) is 27.2 Å². The van der Waals surface area contributed by atoms with Crippen LogP contribution < -0.4 is 5.32 Å². The van der Waals surface area contributed by atoms with E-state index in [0.717, 1.165) is 38.5 Å². The number of amides is 1. The summed E-state index contributed by atoms with van der Waals surface area (Å²) in [5.41, 5.74) is 0. The molecule has 332 valence electrons. The van der Waals surface area contributed by atoms with Crippen molar-refractivity contribution >= 4 is 13.7 Å². The standard InChI is InChI=1S/C47H93N2O6P/c1-6-8-10-12-14-16-18-19-20-21-22-23-24-25-26-27-28-29-30-31-33-35-37-39-41-47(51)48-45(44-55-56(52,53)54-43-42-49(3,4)5)46(50)40-38-36-34-32-17-15-13-11-9-7-2/h25-26,38,40,45-46,50H,6-24,27-37,39,41-44H2,1-5H3,(H-,48,51,52,53)/p+1/b26-25-,40-38+. The molecule has 0 rings (SSSR count). The van der Waals surface area contributed by atoms with Gasteiger partial charge in [0.1, 0.15) is 13.2 Å². The van der Waals surface area contributed by atoms with Gasteiger partial charge < -0.3 is 19.8 Å². The Labute approximate surface area is 347 Å². The molecule has 0 aliphatic rings. The zero-order chi connectivity index (χ0) is 41.4. The van der Waals surface area contributed by atoms with E-state index >= 15 is 0 Å². The van der Waals surface area contributed by atoms with Crippen molar-refractivity contribution in [3.05, 3.63) is 24.3 Å². The molecule has 0 aromatic carbocycles. The third kappa shape index (κ3) is 41.2. The van der Waals surface area contributed by atoms with E-state index in [1.165, 1.54) is 161 Å². The van der Waals surface area contributed by atoms with Gasteiger partial charge in [-0.1, -0.05) is 192 Å². The highest BCUT2D eigenvalue weighted by Gasteiger charge is 2.27. The molecule has 0 fully saturated rings. The van der Waals surface area contributed by atoms with Gasteiger partial charge in [-0.05, 0) is 44.9 Å². The van der Waals surface area contributed by atoms with Crippen molar-refractivity contribution in [2.24, 2.45) is 0 Å². The Hall–Kier alpha value is -1.02. The first kappa shape index (κ1) is 55.0. The number of phosphoric ester groups is 1. The molecule has 0 aliphatic carbocycles. The molecule has 0 aromatic heterocycles. The van der Waals surface area contributed by atoms with E-state index in [2.05, 4.69) is 31.3 Å². The summed E-state index contributed by atoms with van der Waals surface area (Å²) in [4.78, 5) is 23.1. The van der Waals surface area contributed by atoms with Gasteiger partial charge in [0.25, 0.3) is 0 Å². The van der Waals surface area contributed by atoms with Crippen LogP contribution in [0.15, 0.2) is 24.3 Å². The number of nitrogens with one attached hydrogen (secondary N) is 1. The molecular formula is C47H94N2O6P+. The van der Waals surface area contributed by atoms with Gasteiger partial charge in [-0.25, -0.2) is 4.57 Å². The van der Waals surface area contributed by atoms with Gasteiger partial charge in [0.2, 0.25) is 5.91 Å². The van der Waals surface area contributed by atoms with Crippen LogP contribution in [0.5, 0.6) is 0 Å². The average molecular weight is 814 g/mol. The van der Waals surface area contributed by atoms with E-state index in [0.29, 0.717) is 17.4 Å². The van der Waals surface area contributed by atoms with Crippen molar-refractivity contribution < 1.29 is 32.9 Å². The third-order valence-electron chi connectivity index (χ3n) is 10.7. The highest BCUT2D eigenvalue weighted by molar-refractivity contribution is 7.47. The van der Waals surface area contributed by atoms with Crippen LogP contribution in [0.1, 0.15) is 219 Å². The lowest BCUT2D eigenvalue weighted by Gasteiger charge is -2.25. The summed E-state index contributed by atoms with van der Waals surface area (Å²) in [5, 5.41) is 13.8. The number of aliphatic hydroxyl groups excluding tert-OH is 1. The molecule has 0 bridgehead atoms. The monoisotopic (exact) mass is 814 g/mol. The molecule has 3 atom stereocenters. The Morgan fingerprint density at radius 1 is 0.589 bits per heavy atom. The first-order valence-corrected chi connectivity index (χ1v) is 25.2. The minimum absolute atomic E-state index is 0.0618. The summed E-state index contributed by atoms with van der Waals surface area (Å²) in [6.45, 7) is 4.80. The second kappa shape index (κ2) is 39.4. The maximum atomic E-state index is 12.9. The van der Waals surface area contributed by atoms with E-state index in [4.69, 9.17) is 9.05 Å². The molecule has 8 nitrogen and oxygen atoms in total. The summed E-state index contributed by atoms with van der Waals surface area (Å²) < 4.78 is 23.5. The largest absolute Gasteiger partial charge is 0.472 e. The Bertz CT molecular complexity index is 969. The number of phosphoric acid groups is 1. The van der Waals surface area contributed by atoms with E-state index in [9.17, 15) is 19.4 Å². The van der Waals surface area contributed by atoms with Crippen LogP contribution in [0.25, 0.3) is 0 Å². The number of hydrogen-bond acceptors (Lipinski definition) is 5. The second-order valence-electron chi connectivity index (χ2n) is 17.5. The molecular weight excluding hydrogens is 719 g/mol. The van der Waals surface area contributed by atoms with E-state index < -0.39 is 20.0 Å². The number of aliphatic hydroxyl groups is 1. The quantitative estimate of drug-likeness (QED) is 0.0245. The molecule has 0 radical (unpaired) electrons. The second-order valence-corrected chi connectivity index (χ2v) is 18.9. The minimum Gasteiger partial charge on any atom is -0.387 e. The predicted molar refractivity (Wildman–Crippen MR) is 240 cm³/mol. The van der Waals surface area contributed by atoms with Crippen molar-refractivity contribution in [3.63, 3.8) is 0 Å². The van der Waals surface area contributed by atoms with Gasteiger partial charge in [-0.2, -0.15) is 0 Å². The van der Waals surface area contributed by atoms with Crippen LogP contribution in [0.3, 0.4) is 0 Å². The first-order chi connectivity index (χ1) is 27.0. The smallest absolute Gasteiger partial charge is 0.387 e. The van der Waals surface area contributed by atoms with Crippen LogP contribution in [-0.2, 0) is 18.4 Å². The topological polar surface area (TPSA) is 105 Å². The number of likely N-dealkylation sites (N-methyl/N-ethyl adjacent to an activating group) is 1. The lowest BCUT2D eigenvalue weighted by atomic mass is 10.0. The molecule has 1 amide bonds. The Morgan fingerprint density at radius 3 is 1.38 bits per heavy atom. The van der Waals surface area contributed by atoms with Crippen LogP contribution in [-0.4, -0.2) is 73.4 Å². The Morgan fingerprint density at radius 2 is 0.964 bits per heavy atom. The van der Waals surface area contributed by atoms with Crippen molar-refractivity contribution in [2.45, 2.75) is 231 Å². The molecule has 0 saturated carbocycles. The normalized spacial score (nSPS) is 14.5. The van der Waals surface area contributed by atoms with E-state index in [-0.39, 0.29) is 19.1 Å². The predicted octanol–water partition coefficient (Wildman–Crippen LogP) is 13.3. The van der Waals surface area contributed by atoms with Gasteiger partial charge in [-0.3, -0.25) is 13.8 Å².